The van der Waals surface area contributed by atoms with Gasteiger partial charge in [-0.2, -0.15) is 0 Å². The molecule has 0 bridgehead atoms. The topological polar surface area (TPSA) is 84.0 Å². The summed E-state index contributed by atoms with van der Waals surface area (Å²) in [4.78, 5) is 23.8. The Morgan fingerprint density at radius 1 is 1.16 bits per heavy atom. The standard InChI is InChI=1S/C17H22N4O2S2/c1-4-5-6-14(22)19-16-20-21-17(25-16)24-10-15(23)18-13-9-11(2)7-8-12(13)3/h7-9H,4-6,10H2,1-3H3,(H,18,23)(H,19,20,22). The van der Waals surface area contributed by atoms with Gasteiger partial charge in [-0.3, -0.25) is 9.59 Å². The minimum absolute atomic E-state index is 0.0535. The highest BCUT2D eigenvalue weighted by molar-refractivity contribution is 8.01. The van der Waals surface area contributed by atoms with Crippen molar-refractivity contribution in [2.75, 3.05) is 16.4 Å². The Kier molecular flexibility index (Phi) is 7.39. The normalized spacial score (nSPS) is 10.5. The van der Waals surface area contributed by atoms with Gasteiger partial charge in [0.2, 0.25) is 16.9 Å². The molecule has 2 rings (SSSR count). The minimum Gasteiger partial charge on any atom is -0.325 e. The van der Waals surface area contributed by atoms with E-state index in [2.05, 4.69) is 20.8 Å². The van der Waals surface area contributed by atoms with E-state index in [1.54, 1.807) is 0 Å². The third kappa shape index (κ3) is 6.47. The number of benzene rings is 1. The van der Waals surface area contributed by atoms with Crippen LogP contribution >= 0.6 is 23.1 Å². The van der Waals surface area contributed by atoms with E-state index in [0.717, 1.165) is 29.7 Å². The van der Waals surface area contributed by atoms with E-state index in [0.29, 0.717) is 15.9 Å². The molecule has 2 N–H and O–H groups in total. The smallest absolute Gasteiger partial charge is 0.234 e. The molecule has 134 valence electrons. The molecule has 0 aliphatic rings. The summed E-state index contributed by atoms with van der Waals surface area (Å²) in [6, 6.07) is 5.94. The van der Waals surface area contributed by atoms with E-state index in [9.17, 15) is 9.59 Å². The van der Waals surface area contributed by atoms with Crippen LogP contribution in [-0.2, 0) is 9.59 Å². The second-order valence-corrected chi connectivity index (χ2v) is 7.88. The Balaban J connectivity index is 1.82. The van der Waals surface area contributed by atoms with Crippen molar-refractivity contribution in [3.8, 4) is 0 Å². The van der Waals surface area contributed by atoms with Gasteiger partial charge in [-0.1, -0.05) is 48.6 Å². The lowest BCUT2D eigenvalue weighted by Crippen LogP contribution is -2.14. The molecule has 6 nitrogen and oxygen atoms in total. The Morgan fingerprint density at radius 2 is 1.96 bits per heavy atom. The second kappa shape index (κ2) is 9.53. The zero-order valence-electron chi connectivity index (χ0n) is 14.6. The lowest BCUT2D eigenvalue weighted by molar-refractivity contribution is -0.116. The van der Waals surface area contributed by atoms with Crippen molar-refractivity contribution in [1.82, 2.24) is 10.2 Å². The van der Waals surface area contributed by atoms with Crippen LogP contribution in [0.5, 0.6) is 0 Å². The predicted molar refractivity (Wildman–Crippen MR) is 103 cm³/mol. The molecular weight excluding hydrogens is 356 g/mol. The SMILES string of the molecule is CCCCC(=O)Nc1nnc(SCC(=O)Nc2cc(C)ccc2C)s1. The number of hydrogen-bond acceptors (Lipinski definition) is 6. The van der Waals surface area contributed by atoms with Crippen molar-refractivity contribution < 1.29 is 9.59 Å². The van der Waals surface area contributed by atoms with Crippen LogP contribution < -0.4 is 10.6 Å². The molecule has 1 heterocycles. The first-order valence-corrected chi connectivity index (χ1v) is 9.91. The number of nitrogens with one attached hydrogen (secondary N) is 2. The summed E-state index contributed by atoms with van der Waals surface area (Å²) in [5, 5.41) is 14.0. The van der Waals surface area contributed by atoms with Crippen molar-refractivity contribution in [3.05, 3.63) is 29.3 Å². The summed E-state index contributed by atoms with van der Waals surface area (Å²) in [6.45, 7) is 5.98. The molecule has 2 aromatic rings. The highest BCUT2D eigenvalue weighted by Gasteiger charge is 2.11. The Labute approximate surface area is 155 Å². The predicted octanol–water partition coefficient (Wildman–Crippen LogP) is 4.01. The zero-order valence-corrected chi connectivity index (χ0v) is 16.2. The van der Waals surface area contributed by atoms with Gasteiger partial charge in [-0.05, 0) is 37.5 Å². The number of aromatic nitrogens is 2. The average molecular weight is 379 g/mol. The summed E-state index contributed by atoms with van der Waals surface area (Å²) >= 11 is 2.58. The van der Waals surface area contributed by atoms with Crippen molar-refractivity contribution in [1.29, 1.82) is 0 Å². The number of thioether (sulfide) groups is 1. The van der Waals surface area contributed by atoms with E-state index in [1.165, 1.54) is 23.1 Å². The maximum Gasteiger partial charge on any atom is 0.234 e. The van der Waals surface area contributed by atoms with Crippen LogP contribution in [0.1, 0.15) is 37.3 Å². The number of unbranched alkanes of at least 4 members (excludes halogenated alkanes) is 1. The van der Waals surface area contributed by atoms with E-state index in [-0.39, 0.29) is 17.6 Å². The first-order chi connectivity index (χ1) is 12.0. The van der Waals surface area contributed by atoms with Crippen LogP contribution in [0.3, 0.4) is 0 Å². The quantitative estimate of drug-likeness (QED) is 0.535. The molecular formula is C17H22N4O2S2. The van der Waals surface area contributed by atoms with Crippen molar-refractivity contribution in [2.45, 2.75) is 44.4 Å². The lowest BCUT2D eigenvalue weighted by atomic mass is 10.1. The zero-order chi connectivity index (χ0) is 18.2. The summed E-state index contributed by atoms with van der Waals surface area (Å²) in [5.74, 6) is 0.0934. The van der Waals surface area contributed by atoms with Crippen LogP contribution in [0, 0.1) is 13.8 Å². The summed E-state index contributed by atoms with van der Waals surface area (Å²) in [7, 11) is 0. The third-order valence-electron chi connectivity index (χ3n) is 3.40. The van der Waals surface area contributed by atoms with E-state index in [4.69, 9.17) is 0 Å². The van der Waals surface area contributed by atoms with Gasteiger partial charge < -0.3 is 10.6 Å². The van der Waals surface area contributed by atoms with Crippen LogP contribution in [-0.4, -0.2) is 27.8 Å². The van der Waals surface area contributed by atoms with Crippen LogP contribution in [0.25, 0.3) is 0 Å². The number of amides is 2. The number of carbonyl (C=O) groups excluding carboxylic acids is 2. The summed E-state index contributed by atoms with van der Waals surface area (Å²) in [6.07, 6.45) is 2.31. The van der Waals surface area contributed by atoms with Crippen molar-refractivity contribution in [2.24, 2.45) is 0 Å². The highest BCUT2D eigenvalue weighted by Crippen LogP contribution is 2.26. The monoisotopic (exact) mass is 378 g/mol. The molecule has 2 amide bonds. The molecule has 0 radical (unpaired) electrons. The van der Waals surface area contributed by atoms with Gasteiger partial charge in [0.15, 0.2) is 4.34 Å². The van der Waals surface area contributed by atoms with Crippen molar-refractivity contribution >= 4 is 45.7 Å². The molecule has 8 heteroatoms. The minimum atomic E-state index is -0.0950. The molecule has 25 heavy (non-hydrogen) atoms. The molecule has 1 aromatic heterocycles. The first-order valence-electron chi connectivity index (χ1n) is 8.11. The number of aryl methyl sites for hydroxylation is 2. The fourth-order valence-electron chi connectivity index (χ4n) is 2.02. The van der Waals surface area contributed by atoms with Crippen LogP contribution in [0.2, 0.25) is 0 Å². The number of rotatable bonds is 8. The van der Waals surface area contributed by atoms with Crippen LogP contribution in [0.15, 0.2) is 22.5 Å². The molecule has 1 aromatic carbocycles. The molecule has 0 aliphatic carbocycles. The summed E-state index contributed by atoms with van der Waals surface area (Å²) in [5.41, 5.74) is 2.95. The maximum atomic E-state index is 12.1. The number of nitrogens with zero attached hydrogens (tertiary/aromatic N) is 2. The van der Waals surface area contributed by atoms with E-state index >= 15 is 0 Å². The molecule has 0 fully saturated rings. The Bertz CT molecular complexity index is 746. The number of carbonyl (C=O) groups is 2. The maximum absolute atomic E-state index is 12.1. The van der Waals surface area contributed by atoms with E-state index < -0.39 is 0 Å². The van der Waals surface area contributed by atoms with Gasteiger partial charge in [0.05, 0.1) is 5.75 Å². The number of anilines is 2. The molecule has 0 atom stereocenters. The highest BCUT2D eigenvalue weighted by atomic mass is 32.2. The van der Waals surface area contributed by atoms with E-state index in [1.807, 2.05) is 39.0 Å². The fourth-order valence-corrected chi connectivity index (χ4v) is 3.59. The Morgan fingerprint density at radius 3 is 2.72 bits per heavy atom. The number of hydrogen-bond donors (Lipinski definition) is 2. The van der Waals surface area contributed by atoms with Crippen molar-refractivity contribution in [3.63, 3.8) is 0 Å². The van der Waals surface area contributed by atoms with Gasteiger partial charge in [-0.25, -0.2) is 0 Å². The summed E-state index contributed by atoms with van der Waals surface area (Å²) < 4.78 is 0.655. The second-order valence-electron chi connectivity index (χ2n) is 5.68. The first kappa shape index (κ1) is 19.4. The third-order valence-corrected chi connectivity index (χ3v) is 5.38. The van der Waals surface area contributed by atoms with Gasteiger partial charge in [-0.15, -0.1) is 10.2 Å². The van der Waals surface area contributed by atoms with Gasteiger partial charge in [0.1, 0.15) is 0 Å². The Hall–Kier alpha value is -1.93. The van der Waals surface area contributed by atoms with Crippen LogP contribution in [0.4, 0.5) is 10.8 Å². The average Bonchev–Trinajstić information content (AvgIpc) is 3.02. The fraction of sp³-hybridized carbons (Fsp3) is 0.412. The lowest BCUT2D eigenvalue weighted by Gasteiger charge is -2.08. The van der Waals surface area contributed by atoms with Gasteiger partial charge in [0, 0.05) is 12.1 Å². The molecule has 0 saturated heterocycles. The molecule has 0 saturated carbocycles. The van der Waals surface area contributed by atoms with Gasteiger partial charge in [0.25, 0.3) is 0 Å². The van der Waals surface area contributed by atoms with Gasteiger partial charge >= 0.3 is 0 Å². The molecule has 0 spiro atoms. The molecule has 0 aliphatic heterocycles. The largest absolute Gasteiger partial charge is 0.325 e. The molecule has 0 unspecified atom stereocenters.